The Kier molecular flexibility index (Phi) is 5.63. The number of fused-ring (bicyclic) bond motifs is 3. The topological polar surface area (TPSA) is 46.2 Å². The van der Waals surface area contributed by atoms with E-state index in [2.05, 4.69) is 30.3 Å². The highest BCUT2D eigenvalue weighted by Crippen LogP contribution is 2.42. The van der Waals surface area contributed by atoms with Crippen LogP contribution in [-0.4, -0.2) is 35.2 Å². The Morgan fingerprint density at radius 3 is 2.07 bits per heavy atom. The maximum atomic E-state index is 5.83. The Morgan fingerprint density at radius 2 is 1.33 bits per heavy atom. The molecule has 4 aromatic carbocycles. The van der Waals surface area contributed by atoms with Crippen LogP contribution in [0.4, 0.5) is 0 Å². The molecule has 0 aromatic heterocycles. The van der Waals surface area contributed by atoms with Crippen molar-refractivity contribution in [3.05, 3.63) is 60.7 Å². The van der Waals surface area contributed by atoms with E-state index in [1.807, 2.05) is 30.3 Å². The zero-order valence-corrected chi connectivity index (χ0v) is 17.5. The zero-order chi connectivity index (χ0) is 21.1. The van der Waals surface area contributed by atoms with Gasteiger partial charge in [-0.05, 0) is 58.1 Å². The first-order valence-corrected chi connectivity index (χ1v) is 9.58. The van der Waals surface area contributed by atoms with E-state index in [0.717, 1.165) is 49.9 Å². The Hall–Kier alpha value is -3.44. The summed E-state index contributed by atoms with van der Waals surface area (Å²) < 4.78 is 27.5. The van der Waals surface area contributed by atoms with Crippen molar-refractivity contribution in [1.82, 2.24) is 0 Å². The molecular formula is C25H24O5. The molecule has 0 spiro atoms. The lowest BCUT2D eigenvalue weighted by atomic mass is 9.93. The van der Waals surface area contributed by atoms with Crippen LogP contribution in [-0.2, 0) is 4.74 Å². The van der Waals surface area contributed by atoms with Gasteiger partial charge in [0, 0.05) is 18.1 Å². The first-order valence-electron chi connectivity index (χ1n) is 9.58. The Morgan fingerprint density at radius 1 is 0.600 bits per heavy atom. The largest absolute Gasteiger partial charge is 0.497 e. The molecule has 30 heavy (non-hydrogen) atoms. The molecule has 4 aromatic rings. The summed E-state index contributed by atoms with van der Waals surface area (Å²) in [6, 6.07) is 20.2. The molecule has 0 aliphatic carbocycles. The summed E-state index contributed by atoms with van der Waals surface area (Å²) in [6.07, 6.45) is 0. The van der Waals surface area contributed by atoms with Gasteiger partial charge in [0.1, 0.15) is 11.5 Å². The molecule has 0 N–H and O–H groups in total. The van der Waals surface area contributed by atoms with E-state index < -0.39 is 0 Å². The van der Waals surface area contributed by atoms with Gasteiger partial charge in [-0.2, -0.15) is 0 Å². The number of ether oxygens (including phenoxy) is 5. The third kappa shape index (κ3) is 3.37. The van der Waals surface area contributed by atoms with Crippen LogP contribution < -0.4 is 18.9 Å². The van der Waals surface area contributed by atoms with Gasteiger partial charge in [0.05, 0.1) is 21.3 Å². The number of hydrogen-bond acceptors (Lipinski definition) is 5. The monoisotopic (exact) mass is 404 g/mol. The molecule has 0 radical (unpaired) electrons. The predicted octanol–water partition coefficient (Wildman–Crippen LogP) is 5.67. The molecule has 0 heterocycles. The van der Waals surface area contributed by atoms with E-state index in [4.69, 9.17) is 23.7 Å². The van der Waals surface area contributed by atoms with E-state index in [9.17, 15) is 0 Å². The van der Waals surface area contributed by atoms with Crippen LogP contribution in [0.2, 0.25) is 0 Å². The van der Waals surface area contributed by atoms with E-state index in [1.165, 1.54) is 0 Å². The average Bonchev–Trinajstić information content (AvgIpc) is 2.81. The fourth-order valence-electron chi connectivity index (χ4n) is 3.83. The van der Waals surface area contributed by atoms with Crippen molar-refractivity contribution in [3.8, 4) is 34.1 Å². The minimum absolute atomic E-state index is 0.171. The predicted molar refractivity (Wildman–Crippen MR) is 119 cm³/mol. The van der Waals surface area contributed by atoms with Crippen molar-refractivity contribution in [2.45, 2.75) is 0 Å². The lowest BCUT2D eigenvalue weighted by Gasteiger charge is -2.16. The van der Waals surface area contributed by atoms with Gasteiger partial charge in [-0.3, -0.25) is 0 Å². The van der Waals surface area contributed by atoms with Gasteiger partial charge in [0.2, 0.25) is 0 Å². The SMILES string of the molecule is COCOc1ccc(OC)cc1-c1cccc2c1ccc1c(OC)c(OC)ccc12. The van der Waals surface area contributed by atoms with Crippen LogP contribution in [0.15, 0.2) is 60.7 Å². The second kappa shape index (κ2) is 8.51. The summed E-state index contributed by atoms with van der Waals surface area (Å²) in [7, 11) is 6.57. The van der Waals surface area contributed by atoms with E-state index >= 15 is 0 Å². The van der Waals surface area contributed by atoms with E-state index in [-0.39, 0.29) is 6.79 Å². The molecule has 0 amide bonds. The third-order valence-corrected chi connectivity index (χ3v) is 5.21. The maximum Gasteiger partial charge on any atom is 0.188 e. The highest BCUT2D eigenvalue weighted by Gasteiger charge is 2.15. The summed E-state index contributed by atoms with van der Waals surface area (Å²) in [5, 5.41) is 4.32. The van der Waals surface area contributed by atoms with Crippen LogP contribution in [0.25, 0.3) is 32.7 Å². The van der Waals surface area contributed by atoms with E-state index in [1.54, 1.807) is 28.4 Å². The van der Waals surface area contributed by atoms with Gasteiger partial charge in [-0.1, -0.05) is 24.3 Å². The smallest absolute Gasteiger partial charge is 0.188 e. The molecule has 0 aliphatic heterocycles. The van der Waals surface area contributed by atoms with Crippen LogP contribution in [0, 0.1) is 0 Å². The molecule has 154 valence electrons. The summed E-state index contributed by atoms with van der Waals surface area (Å²) in [5.41, 5.74) is 1.99. The Labute approximate surface area is 175 Å². The molecule has 5 heteroatoms. The lowest BCUT2D eigenvalue weighted by molar-refractivity contribution is 0.0515. The standard InChI is InChI=1S/C25H24O5/c1-26-15-30-23-12-8-16(27-2)14-22(23)18-7-5-6-17-19(18)9-10-21-20(17)11-13-24(28-3)25(21)29-4/h5-14H,15H2,1-4H3. The molecular weight excluding hydrogens is 380 g/mol. The summed E-state index contributed by atoms with van der Waals surface area (Å²) in [4.78, 5) is 0. The summed E-state index contributed by atoms with van der Waals surface area (Å²) in [6.45, 7) is 0.171. The summed E-state index contributed by atoms with van der Waals surface area (Å²) >= 11 is 0. The van der Waals surface area contributed by atoms with Crippen molar-refractivity contribution < 1.29 is 23.7 Å². The molecule has 0 unspecified atom stereocenters. The average molecular weight is 404 g/mol. The lowest BCUT2D eigenvalue weighted by Crippen LogP contribution is -2.00. The van der Waals surface area contributed by atoms with Crippen molar-refractivity contribution >= 4 is 21.5 Å². The Balaban J connectivity index is 1.99. The zero-order valence-electron chi connectivity index (χ0n) is 17.5. The molecule has 0 atom stereocenters. The normalized spacial score (nSPS) is 10.9. The van der Waals surface area contributed by atoms with E-state index in [0.29, 0.717) is 5.75 Å². The third-order valence-electron chi connectivity index (χ3n) is 5.21. The quantitative estimate of drug-likeness (QED) is 0.293. The van der Waals surface area contributed by atoms with Gasteiger partial charge in [-0.25, -0.2) is 0 Å². The molecule has 0 saturated heterocycles. The van der Waals surface area contributed by atoms with Gasteiger partial charge >= 0.3 is 0 Å². The van der Waals surface area contributed by atoms with Crippen LogP contribution in [0.5, 0.6) is 23.0 Å². The number of methoxy groups -OCH3 is 4. The highest BCUT2D eigenvalue weighted by molar-refractivity contribution is 6.14. The van der Waals surface area contributed by atoms with Crippen molar-refractivity contribution in [2.75, 3.05) is 35.2 Å². The minimum Gasteiger partial charge on any atom is -0.497 e. The number of benzene rings is 4. The molecule has 0 aliphatic rings. The van der Waals surface area contributed by atoms with Crippen LogP contribution in [0.3, 0.4) is 0 Å². The minimum atomic E-state index is 0.171. The first-order chi connectivity index (χ1) is 14.7. The molecule has 0 fully saturated rings. The van der Waals surface area contributed by atoms with Gasteiger partial charge in [0.25, 0.3) is 0 Å². The second-order valence-electron chi connectivity index (χ2n) is 6.78. The van der Waals surface area contributed by atoms with Crippen LogP contribution in [0.1, 0.15) is 0 Å². The fourth-order valence-corrected chi connectivity index (χ4v) is 3.83. The fraction of sp³-hybridized carbons (Fsp3) is 0.200. The van der Waals surface area contributed by atoms with Crippen LogP contribution >= 0.6 is 0 Å². The second-order valence-corrected chi connectivity index (χ2v) is 6.78. The first kappa shape index (κ1) is 19.9. The summed E-state index contributed by atoms with van der Waals surface area (Å²) in [5.74, 6) is 2.94. The van der Waals surface area contributed by atoms with Crippen molar-refractivity contribution in [3.63, 3.8) is 0 Å². The van der Waals surface area contributed by atoms with Crippen molar-refractivity contribution in [1.29, 1.82) is 0 Å². The highest BCUT2D eigenvalue weighted by atomic mass is 16.7. The van der Waals surface area contributed by atoms with Crippen molar-refractivity contribution in [2.24, 2.45) is 0 Å². The molecule has 4 rings (SSSR count). The van der Waals surface area contributed by atoms with Gasteiger partial charge < -0.3 is 23.7 Å². The molecule has 0 saturated carbocycles. The Bertz CT molecular complexity index is 1200. The maximum absolute atomic E-state index is 5.83. The number of hydrogen-bond donors (Lipinski definition) is 0. The van der Waals surface area contributed by atoms with Gasteiger partial charge in [0.15, 0.2) is 18.3 Å². The molecule has 5 nitrogen and oxygen atoms in total. The van der Waals surface area contributed by atoms with Gasteiger partial charge in [-0.15, -0.1) is 0 Å². The number of rotatable bonds is 7. The molecule has 0 bridgehead atoms.